The van der Waals surface area contributed by atoms with Gasteiger partial charge < -0.3 is 75.1 Å². The van der Waals surface area contributed by atoms with Gasteiger partial charge in [0.05, 0.1) is 36.3 Å². The van der Waals surface area contributed by atoms with Crippen molar-refractivity contribution in [3.8, 4) is 0 Å². The lowest BCUT2D eigenvalue weighted by Crippen LogP contribution is -2.70. The van der Waals surface area contributed by atoms with Crippen molar-refractivity contribution in [1.29, 1.82) is 0 Å². The van der Waals surface area contributed by atoms with Gasteiger partial charge in [-0.1, -0.05) is 0 Å². The summed E-state index contributed by atoms with van der Waals surface area (Å²) in [5.41, 5.74) is 2.56. The topological polar surface area (TPSA) is 302 Å². The summed E-state index contributed by atoms with van der Waals surface area (Å²) in [5, 5.41) is 54.6. The van der Waals surface area contributed by atoms with Crippen LogP contribution in [-0.4, -0.2) is 147 Å². The Morgan fingerprint density at radius 3 is 2.02 bits per heavy atom. The lowest BCUT2D eigenvalue weighted by atomic mass is 9.72. The van der Waals surface area contributed by atoms with Crippen LogP contribution in [0.25, 0.3) is 0 Å². The molecule has 2 heterocycles. The first-order valence-electron chi connectivity index (χ1n) is 21.0. The second-order valence-electron chi connectivity index (χ2n) is 19.5. The Bertz CT molecular complexity index is 1840. The minimum Gasteiger partial charge on any atom is -0.491 e. The van der Waals surface area contributed by atoms with Crippen LogP contribution in [0.1, 0.15) is 87.6 Å². The van der Waals surface area contributed by atoms with Crippen LogP contribution in [0.5, 0.6) is 0 Å². The van der Waals surface area contributed by atoms with Crippen LogP contribution in [0, 0.1) is 16.0 Å². The molecule has 1 aliphatic carbocycles. The number of aliphatic hydroxyl groups excluding tert-OH is 2. The molecule has 0 spiro atoms. The van der Waals surface area contributed by atoms with Crippen LogP contribution in [0.3, 0.4) is 0 Å². The number of amides is 4. The molecule has 1 aromatic carbocycles. The van der Waals surface area contributed by atoms with E-state index in [4.69, 9.17) is 38.9 Å². The third-order valence-corrected chi connectivity index (χ3v) is 10.3. The van der Waals surface area contributed by atoms with Crippen molar-refractivity contribution in [2.75, 3.05) is 20.2 Å². The zero-order valence-corrected chi connectivity index (χ0v) is 38.3. The minimum atomic E-state index is -1.78. The lowest BCUT2D eigenvalue weighted by Gasteiger charge is -2.51. The van der Waals surface area contributed by atoms with Gasteiger partial charge in [0.25, 0.3) is 5.69 Å². The number of ether oxygens (including phenoxy) is 7. The summed E-state index contributed by atoms with van der Waals surface area (Å²) in [7, 11) is 1.35. The first kappa shape index (κ1) is 51.6. The SMILES string of the molecule is CN(C(=O)OC(C)(C)C)[C@@H]1[C@@H](O)[C@@H](O[C@H]2[C@H](N)C[C@H](NC(=O)OC(C)(C)C)C([C@H]3OC(CNC(=O)OCc4ccc([N+](=O)[O-])cc4)=CC[C@H]3NC(=O)OC(C)(C)C)[C@@H]2O)OC[C@]1(C)O. The fourth-order valence-electron chi connectivity index (χ4n) is 7.66. The molecule has 1 saturated carbocycles. The second kappa shape index (κ2) is 20.4. The van der Waals surface area contributed by atoms with Gasteiger partial charge in [-0.3, -0.25) is 10.1 Å². The number of likely N-dealkylation sites (N-methyl/N-ethyl adjacent to an activating group) is 1. The fraction of sp³-hybridized carbons (Fsp3) is 0.714. The summed E-state index contributed by atoms with van der Waals surface area (Å²) in [6.07, 6.45) is -9.18. The molecule has 4 amide bonds. The molecular weight excluding hydrogens is 844 g/mol. The number of carbonyl (C=O) groups is 4. The number of hydrogen-bond donors (Lipinski definition) is 7. The Kier molecular flexibility index (Phi) is 16.5. The van der Waals surface area contributed by atoms with Gasteiger partial charge in [-0.2, -0.15) is 0 Å². The van der Waals surface area contributed by atoms with Crippen molar-refractivity contribution in [2.24, 2.45) is 11.7 Å². The van der Waals surface area contributed by atoms with Crippen LogP contribution in [0.2, 0.25) is 0 Å². The van der Waals surface area contributed by atoms with Crippen LogP contribution in [0.15, 0.2) is 36.1 Å². The molecule has 11 atom stereocenters. The number of aliphatic hydroxyl groups is 3. The molecular formula is C42H66N6O16. The molecule has 64 heavy (non-hydrogen) atoms. The van der Waals surface area contributed by atoms with Gasteiger partial charge in [-0.15, -0.1) is 0 Å². The number of nitro groups is 1. The summed E-state index contributed by atoms with van der Waals surface area (Å²) < 4.78 is 40.4. The van der Waals surface area contributed by atoms with Crippen LogP contribution in [-0.2, 0) is 39.8 Å². The van der Waals surface area contributed by atoms with Crippen LogP contribution < -0.4 is 21.7 Å². The number of carbonyl (C=O) groups excluding carboxylic acids is 4. The largest absolute Gasteiger partial charge is 0.491 e. The molecule has 8 N–H and O–H groups in total. The summed E-state index contributed by atoms with van der Waals surface area (Å²) in [5.74, 6) is -0.976. The van der Waals surface area contributed by atoms with Crippen molar-refractivity contribution in [3.63, 3.8) is 0 Å². The van der Waals surface area contributed by atoms with Crippen molar-refractivity contribution in [3.05, 3.63) is 51.8 Å². The lowest BCUT2D eigenvalue weighted by molar-refractivity contribution is -0.384. The van der Waals surface area contributed by atoms with Gasteiger partial charge in [0.1, 0.15) is 53.1 Å². The molecule has 3 aliphatic rings. The average molecular weight is 911 g/mol. The predicted molar refractivity (Wildman–Crippen MR) is 226 cm³/mol. The number of nitro benzene ring substituents is 1. The van der Waals surface area contributed by atoms with E-state index in [2.05, 4.69) is 16.0 Å². The standard InChI is InChI=1S/C42H66N6O16/c1-39(2,3)62-36(52)45-26-17-16-24(19-44-35(51)58-20-22-12-14-23(15-13-22)48(56)57)60-32(26)28-27(46-37(53)63-40(4,5)6)18-25(43)31(29(28)49)61-34-30(50)33(42(10,55)21-59-34)47(11)38(54)64-41(7,8)9/h12-16,25-34,49-50,55H,17-21,43H2,1-11H3,(H,44,51)(H,45,52)(H,46,53)/t25-,26-,27+,28?,29+,30-,31+,32+,33-,34-,42+/m1/s1. The molecule has 2 fully saturated rings. The van der Waals surface area contributed by atoms with E-state index in [0.717, 1.165) is 4.90 Å². The molecule has 1 saturated heterocycles. The number of non-ortho nitro benzene ring substituents is 1. The third-order valence-electron chi connectivity index (χ3n) is 10.3. The van der Waals surface area contributed by atoms with E-state index >= 15 is 0 Å². The number of alkyl carbamates (subject to hydrolysis) is 3. The number of nitrogens with zero attached hydrogens (tertiary/aromatic N) is 2. The molecule has 1 unspecified atom stereocenters. The van der Waals surface area contributed by atoms with E-state index in [9.17, 15) is 44.6 Å². The quantitative estimate of drug-likeness (QED) is 0.0953. The maximum absolute atomic E-state index is 13.3. The maximum atomic E-state index is 13.3. The normalized spacial score (nSPS) is 29.8. The Hall–Kier alpha value is -5.00. The monoisotopic (exact) mass is 910 g/mol. The highest BCUT2D eigenvalue weighted by molar-refractivity contribution is 5.70. The van der Waals surface area contributed by atoms with Crippen LogP contribution in [0.4, 0.5) is 24.9 Å². The van der Waals surface area contributed by atoms with Crippen molar-refractivity contribution in [1.82, 2.24) is 20.9 Å². The summed E-state index contributed by atoms with van der Waals surface area (Å²) in [6.45, 7) is 15.6. The molecule has 0 radical (unpaired) electrons. The number of hydrogen-bond acceptors (Lipinski definition) is 17. The number of rotatable bonds is 11. The first-order chi connectivity index (χ1) is 29.4. The molecule has 4 rings (SSSR count). The molecule has 22 heteroatoms. The first-order valence-corrected chi connectivity index (χ1v) is 21.0. The van der Waals surface area contributed by atoms with E-state index in [0.29, 0.717) is 5.56 Å². The van der Waals surface area contributed by atoms with E-state index in [-0.39, 0.29) is 37.4 Å². The van der Waals surface area contributed by atoms with Gasteiger partial charge in [0, 0.05) is 37.2 Å². The summed E-state index contributed by atoms with van der Waals surface area (Å²) >= 11 is 0. The Morgan fingerprint density at radius 2 is 1.47 bits per heavy atom. The smallest absolute Gasteiger partial charge is 0.410 e. The number of nitrogens with one attached hydrogen (secondary N) is 3. The van der Waals surface area contributed by atoms with Gasteiger partial charge in [-0.25, -0.2) is 19.2 Å². The Morgan fingerprint density at radius 1 is 0.906 bits per heavy atom. The molecule has 1 aromatic rings. The second-order valence-corrected chi connectivity index (χ2v) is 19.5. The zero-order chi connectivity index (χ0) is 48.1. The molecule has 0 bridgehead atoms. The number of nitrogens with two attached hydrogens (primary N) is 1. The summed E-state index contributed by atoms with van der Waals surface area (Å²) in [4.78, 5) is 64.0. The van der Waals surface area contributed by atoms with Gasteiger partial charge >= 0.3 is 24.4 Å². The van der Waals surface area contributed by atoms with E-state index in [1.54, 1.807) is 68.4 Å². The highest BCUT2D eigenvalue weighted by Crippen LogP contribution is 2.38. The molecule has 0 aromatic heterocycles. The summed E-state index contributed by atoms with van der Waals surface area (Å²) in [6, 6.07) is 1.17. The molecule has 360 valence electrons. The fourth-order valence-corrected chi connectivity index (χ4v) is 7.66. The average Bonchev–Trinajstić information content (AvgIpc) is 3.14. The van der Waals surface area contributed by atoms with Gasteiger partial charge in [0.15, 0.2) is 6.29 Å². The van der Waals surface area contributed by atoms with Crippen molar-refractivity contribution >= 4 is 30.1 Å². The van der Waals surface area contributed by atoms with Gasteiger partial charge in [-0.05, 0) is 106 Å². The molecule has 22 nitrogen and oxygen atoms in total. The Labute approximate surface area is 372 Å². The van der Waals surface area contributed by atoms with E-state index < -0.39 is 119 Å². The maximum Gasteiger partial charge on any atom is 0.410 e. The highest BCUT2D eigenvalue weighted by atomic mass is 16.7. The predicted octanol–water partition coefficient (Wildman–Crippen LogP) is 3.08. The Balaban J connectivity index is 1.64. The van der Waals surface area contributed by atoms with Crippen molar-refractivity contribution in [2.45, 2.75) is 166 Å². The van der Waals surface area contributed by atoms with Gasteiger partial charge in [0.2, 0.25) is 0 Å². The minimum absolute atomic E-state index is 0.0707. The molecule has 2 aliphatic heterocycles. The van der Waals surface area contributed by atoms with Crippen molar-refractivity contribution < 1.29 is 72.6 Å². The number of benzene rings is 1. The van der Waals surface area contributed by atoms with E-state index in [1.165, 1.54) is 38.2 Å². The zero-order valence-electron chi connectivity index (χ0n) is 38.3. The van der Waals surface area contributed by atoms with Crippen LogP contribution >= 0.6 is 0 Å². The third kappa shape index (κ3) is 14.5. The highest BCUT2D eigenvalue weighted by Gasteiger charge is 2.56. The van der Waals surface area contributed by atoms with E-state index in [1.807, 2.05) is 0 Å².